The van der Waals surface area contributed by atoms with Crippen molar-refractivity contribution in [3.8, 4) is 0 Å². The van der Waals surface area contributed by atoms with E-state index in [1.165, 1.54) is 0 Å². The molecule has 6 nitrogen and oxygen atoms in total. The van der Waals surface area contributed by atoms with Crippen LogP contribution in [-0.4, -0.2) is 49.5 Å². The molecule has 0 atom stereocenters. The Bertz CT molecular complexity index is 577. The van der Waals surface area contributed by atoms with E-state index in [4.69, 9.17) is 0 Å². The first-order valence-electron chi connectivity index (χ1n) is 7.20. The Kier molecular flexibility index (Phi) is 3.33. The van der Waals surface area contributed by atoms with Crippen molar-refractivity contribution >= 4 is 17.0 Å². The van der Waals surface area contributed by atoms with Crippen LogP contribution in [0.3, 0.4) is 0 Å². The van der Waals surface area contributed by atoms with Crippen LogP contribution in [-0.2, 0) is 0 Å². The lowest BCUT2D eigenvalue weighted by atomic mass is 9.98. The number of aromatic amines is 1. The van der Waals surface area contributed by atoms with Crippen molar-refractivity contribution in [2.45, 2.75) is 45.2 Å². The SMILES string of the molecule is CC(C)(C)N1CCC(Nc2ncnc3nc[nH]c23)CC1. The minimum atomic E-state index is 0.260. The molecule has 0 unspecified atom stereocenters. The van der Waals surface area contributed by atoms with Crippen molar-refractivity contribution in [3.05, 3.63) is 12.7 Å². The van der Waals surface area contributed by atoms with Gasteiger partial charge in [-0.25, -0.2) is 15.0 Å². The Labute approximate surface area is 119 Å². The normalized spacial score (nSPS) is 18.6. The van der Waals surface area contributed by atoms with Gasteiger partial charge < -0.3 is 10.3 Å². The molecule has 0 bridgehead atoms. The number of imidazole rings is 1. The van der Waals surface area contributed by atoms with E-state index >= 15 is 0 Å². The molecule has 0 amide bonds. The third kappa shape index (κ3) is 2.60. The molecular weight excluding hydrogens is 252 g/mol. The van der Waals surface area contributed by atoms with E-state index < -0.39 is 0 Å². The molecule has 108 valence electrons. The Morgan fingerprint density at radius 3 is 2.65 bits per heavy atom. The highest BCUT2D eigenvalue weighted by atomic mass is 15.2. The summed E-state index contributed by atoms with van der Waals surface area (Å²) < 4.78 is 0. The van der Waals surface area contributed by atoms with Crippen LogP contribution in [0.25, 0.3) is 11.2 Å². The molecule has 0 radical (unpaired) electrons. The number of nitrogens with one attached hydrogen (secondary N) is 2. The van der Waals surface area contributed by atoms with E-state index in [2.05, 4.69) is 50.9 Å². The summed E-state index contributed by atoms with van der Waals surface area (Å²) in [6, 6.07) is 0.468. The molecule has 1 aliphatic heterocycles. The van der Waals surface area contributed by atoms with E-state index in [1.807, 2.05) is 0 Å². The van der Waals surface area contributed by atoms with Gasteiger partial charge in [-0.3, -0.25) is 4.90 Å². The zero-order valence-corrected chi connectivity index (χ0v) is 12.3. The predicted molar refractivity (Wildman–Crippen MR) is 79.7 cm³/mol. The lowest BCUT2D eigenvalue weighted by Crippen LogP contribution is -2.48. The van der Waals surface area contributed by atoms with Crippen molar-refractivity contribution in [2.24, 2.45) is 0 Å². The summed E-state index contributed by atoms with van der Waals surface area (Å²) in [4.78, 5) is 18.3. The van der Waals surface area contributed by atoms with Gasteiger partial charge in [0.05, 0.1) is 6.33 Å². The van der Waals surface area contributed by atoms with Crippen LogP contribution >= 0.6 is 0 Å². The molecular formula is C14H22N6. The Balaban J connectivity index is 1.67. The van der Waals surface area contributed by atoms with Crippen molar-refractivity contribution in [1.29, 1.82) is 0 Å². The zero-order chi connectivity index (χ0) is 14.2. The highest BCUT2D eigenvalue weighted by Crippen LogP contribution is 2.23. The third-order valence-electron chi connectivity index (χ3n) is 4.01. The van der Waals surface area contributed by atoms with E-state index in [0.717, 1.165) is 42.9 Å². The first-order chi connectivity index (χ1) is 9.54. The van der Waals surface area contributed by atoms with Gasteiger partial charge in [0.25, 0.3) is 0 Å². The van der Waals surface area contributed by atoms with Gasteiger partial charge in [-0.2, -0.15) is 0 Å². The van der Waals surface area contributed by atoms with Crippen LogP contribution in [0.1, 0.15) is 33.6 Å². The number of aromatic nitrogens is 4. The molecule has 1 fully saturated rings. The quantitative estimate of drug-likeness (QED) is 0.877. The van der Waals surface area contributed by atoms with Gasteiger partial charge in [-0.05, 0) is 33.6 Å². The van der Waals surface area contributed by atoms with Crippen LogP contribution in [0.15, 0.2) is 12.7 Å². The van der Waals surface area contributed by atoms with Crippen LogP contribution in [0.5, 0.6) is 0 Å². The van der Waals surface area contributed by atoms with Gasteiger partial charge >= 0.3 is 0 Å². The smallest absolute Gasteiger partial charge is 0.182 e. The molecule has 20 heavy (non-hydrogen) atoms. The maximum absolute atomic E-state index is 4.33. The number of rotatable bonds is 2. The van der Waals surface area contributed by atoms with Crippen molar-refractivity contribution in [3.63, 3.8) is 0 Å². The van der Waals surface area contributed by atoms with Crippen LogP contribution in [0.4, 0.5) is 5.82 Å². The summed E-state index contributed by atoms with van der Waals surface area (Å²) in [7, 11) is 0. The number of hydrogen-bond acceptors (Lipinski definition) is 5. The zero-order valence-electron chi connectivity index (χ0n) is 12.3. The topological polar surface area (TPSA) is 69.7 Å². The molecule has 2 aromatic heterocycles. The number of H-pyrrole nitrogens is 1. The van der Waals surface area contributed by atoms with Crippen molar-refractivity contribution < 1.29 is 0 Å². The highest BCUT2D eigenvalue weighted by molar-refractivity contribution is 5.82. The minimum Gasteiger partial charge on any atom is -0.365 e. The van der Waals surface area contributed by atoms with Crippen LogP contribution in [0, 0.1) is 0 Å². The Hall–Kier alpha value is -1.69. The summed E-state index contributed by atoms with van der Waals surface area (Å²) in [6.07, 6.45) is 5.50. The highest BCUT2D eigenvalue weighted by Gasteiger charge is 2.27. The summed E-state index contributed by atoms with van der Waals surface area (Å²) in [5.74, 6) is 0.863. The molecule has 1 aliphatic rings. The molecule has 2 N–H and O–H groups in total. The van der Waals surface area contributed by atoms with Gasteiger partial charge in [-0.15, -0.1) is 0 Å². The fraction of sp³-hybridized carbons (Fsp3) is 0.643. The molecule has 3 heterocycles. The fourth-order valence-electron chi connectivity index (χ4n) is 2.76. The van der Waals surface area contributed by atoms with E-state index in [1.54, 1.807) is 12.7 Å². The molecule has 0 aromatic carbocycles. The lowest BCUT2D eigenvalue weighted by Gasteiger charge is -2.41. The van der Waals surface area contributed by atoms with E-state index in [0.29, 0.717) is 6.04 Å². The minimum absolute atomic E-state index is 0.260. The summed E-state index contributed by atoms with van der Waals surface area (Å²) in [5, 5.41) is 3.53. The molecule has 0 spiro atoms. The molecule has 0 aliphatic carbocycles. The second-order valence-electron chi connectivity index (χ2n) is 6.40. The number of hydrogen-bond donors (Lipinski definition) is 2. The number of anilines is 1. The first-order valence-corrected chi connectivity index (χ1v) is 7.20. The third-order valence-corrected chi connectivity index (χ3v) is 4.01. The number of likely N-dealkylation sites (tertiary alicyclic amines) is 1. The summed E-state index contributed by atoms with van der Waals surface area (Å²) in [5.41, 5.74) is 1.87. The van der Waals surface area contributed by atoms with Crippen molar-refractivity contribution in [2.75, 3.05) is 18.4 Å². The Morgan fingerprint density at radius 1 is 1.20 bits per heavy atom. The fourth-order valence-corrected chi connectivity index (χ4v) is 2.76. The van der Waals surface area contributed by atoms with Crippen LogP contribution < -0.4 is 5.32 Å². The average molecular weight is 274 g/mol. The molecule has 0 saturated carbocycles. The maximum atomic E-state index is 4.33. The van der Waals surface area contributed by atoms with Gasteiger partial charge in [0.1, 0.15) is 11.8 Å². The van der Waals surface area contributed by atoms with Crippen molar-refractivity contribution in [1.82, 2.24) is 24.8 Å². The first kappa shape index (κ1) is 13.3. The van der Waals surface area contributed by atoms with E-state index in [-0.39, 0.29) is 5.54 Å². The van der Waals surface area contributed by atoms with Crippen LogP contribution in [0.2, 0.25) is 0 Å². The average Bonchev–Trinajstić information content (AvgIpc) is 2.88. The molecule has 6 heteroatoms. The van der Waals surface area contributed by atoms with Gasteiger partial charge in [0, 0.05) is 24.7 Å². The maximum Gasteiger partial charge on any atom is 0.182 e. The van der Waals surface area contributed by atoms with Gasteiger partial charge in [0.15, 0.2) is 11.5 Å². The number of piperidine rings is 1. The molecule has 1 saturated heterocycles. The van der Waals surface area contributed by atoms with E-state index in [9.17, 15) is 0 Å². The second kappa shape index (κ2) is 5.01. The second-order valence-corrected chi connectivity index (χ2v) is 6.40. The molecule has 2 aromatic rings. The monoisotopic (exact) mass is 274 g/mol. The summed E-state index contributed by atoms with van der Waals surface area (Å²) in [6.45, 7) is 9.08. The largest absolute Gasteiger partial charge is 0.365 e. The molecule has 3 rings (SSSR count). The Morgan fingerprint density at radius 2 is 1.95 bits per heavy atom. The van der Waals surface area contributed by atoms with Gasteiger partial charge in [0.2, 0.25) is 0 Å². The summed E-state index contributed by atoms with van der Waals surface area (Å²) >= 11 is 0. The number of nitrogens with zero attached hydrogens (tertiary/aromatic N) is 4. The van der Waals surface area contributed by atoms with Gasteiger partial charge in [-0.1, -0.05) is 0 Å². The predicted octanol–water partition coefficient (Wildman–Crippen LogP) is 2.03. The lowest BCUT2D eigenvalue weighted by molar-refractivity contribution is 0.106. The standard InChI is InChI=1S/C14H22N6/c1-14(2,3)20-6-4-10(5-7-20)19-13-11-12(16-8-15-11)17-9-18-13/h8-10H,4-7H2,1-3H3,(H2,15,16,17,18,19). The number of fused-ring (bicyclic) bond motifs is 1.